The van der Waals surface area contributed by atoms with E-state index >= 15 is 0 Å². The maximum absolute atomic E-state index is 12.1. The molecule has 0 unspecified atom stereocenters. The zero-order chi connectivity index (χ0) is 16.1. The van der Waals surface area contributed by atoms with Crippen LogP contribution in [0.25, 0.3) is 0 Å². The Morgan fingerprint density at radius 3 is 2.59 bits per heavy atom. The van der Waals surface area contributed by atoms with E-state index < -0.39 is 11.9 Å². The molecular weight excluding hydrogens is 306 g/mol. The zero-order valence-corrected chi connectivity index (χ0v) is 12.8. The standard InChI is InChI=1S/C15H16ClN3O3/c1-9-11(14(16)22-19-9)8-13(20)18-12(15(17)21)7-10-5-3-2-4-6-10/h2-6,12H,7-8H2,1H3,(H2,17,21)(H,18,20)/t12-/m0/s1. The second-order valence-corrected chi connectivity index (χ2v) is 5.25. The third-order valence-electron chi connectivity index (χ3n) is 3.24. The van der Waals surface area contributed by atoms with Gasteiger partial charge in [-0.15, -0.1) is 0 Å². The second-order valence-electron chi connectivity index (χ2n) is 4.91. The van der Waals surface area contributed by atoms with Crippen LogP contribution >= 0.6 is 11.6 Å². The molecular formula is C15H16ClN3O3. The summed E-state index contributed by atoms with van der Waals surface area (Å²) < 4.78 is 4.79. The van der Waals surface area contributed by atoms with Gasteiger partial charge in [-0.25, -0.2) is 0 Å². The van der Waals surface area contributed by atoms with Gasteiger partial charge in [0.15, 0.2) is 0 Å². The van der Waals surface area contributed by atoms with Gasteiger partial charge in [0.05, 0.1) is 12.1 Å². The number of aryl methyl sites for hydroxylation is 1. The number of aromatic nitrogens is 1. The Hall–Kier alpha value is -2.34. The molecule has 1 aromatic heterocycles. The minimum atomic E-state index is -0.783. The fourth-order valence-electron chi connectivity index (χ4n) is 2.04. The highest BCUT2D eigenvalue weighted by atomic mass is 35.5. The lowest BCUT2D eigenvalue weighted by molar-refractivity contribution is -0.127. The number of hydrogen-bond donors (Lipinski definition) is 2. The molecule has 3 N–H and O–H groups in total. The minimum absolute atomic E-state index is 0.0211. The van der Waals surface area contributed by atoms with Crippen LogP contribution in [0.4, 0.5) is 0 Å². The molecule has 2 aromatic rings. The van der Waals surface area contributed by atoms with Crippen LogP contribution in [0.5, 0.6) is 0 Å². The summed E-state index contributed by atoms with van der Waals surface area (Å²) in [6.07, 6.45) is 0.311. The zero-order valence-electron chi connectivity index (χ0n) is 12.0. The molecule has 0 radical (unpaired) electrons. The molecule has 0 saturated carbocycles. The smallest absolute Gasteiger partial charge is 0.240 e. The number of nitrogens with two attached hydrogens (primary N) is 1. The Kier molecular flexibility index (Phi) is 5.16. The van der Waals surface area contributed by atoms with Gasteiger partial charge in [0, 0.05) is 12.0 Å². The van der Waals surface area contributed by atoms with Crippen molar-refractivity contribution in [2.75, 3.05) is 0 Å². The van der Waals surface area contributed by atoms with Gasteiger partial charge in [-0.05, 0) is 24.1 Å². The van der Waals surface area contributed by atoms with Crippen molar-refractivity contribution < 1.29 is 14.1 Å². The number of benzene rings is 1. The van der Waals surface area contributed by atoms with Crippen LogP contribution in [0.2, 0.25) is 5.22 Å². The van der Waals surface area contributed by atoms with Crippen LogP contribution in [0.15, 0.2) is 34.9 Å². The monoisotopic (exact) mass is 321 g/mol. The summed E-state index contributed by atoms with van der Waals surface area (Å²) >= 11 is 5.82. The van der Waals surface area contributed by atoms with E-state index in [1.807, 2.05) is 30.3 Å². The molecule has 2 rings (SSSR count). The van der Waals surface area contributed by atoms with E-state index in [2.05, 4.69) is 10.5 Å². The molecule has 0 fully saturated rings. The molecule has 116 valence electrons. The Balaban J connectivity index is 2.02. The van der Waals surface area contributed by atoms with Crippen LogP contribution in [0.3, 0.4) is 0 Å². The first-order chi connectivity index (χ1) is 10.5. The van der Waals surface area contributed by atoms with Gasteiger partial charge < -0.3 is 15.6 Å². The summed E-state index contributed by atoms with van der Waals surface area (Å²) in [5, 5.41) is 6.36. The maximum Gasteiger partial charge on any atom is 0.240 e. The van der Waals surface area contributed by atoms with Gasteiger partial charge >= 0.3 is 0 Å². The van der Waals surface area contributed by atoms with Gasteiger partial charge in [-0.1, -0.05) is 35.5 Å². The lowest BCUT2D eigenvalue weighted by Gasteiger charge is -2.15. The molecule has 7 heteroatoms. The first kappa shape index (κ1) is 16.0. The number of amides is 2. The Morgan fingerprint density at radius 1 is 1.36 bits per heavy atom. The lowest BCUT2D eigenvalue weighted by atomic mass is 10.0. The normalized spacial score (nSPS) is 11.9. The van der Waals surface area contributed by atoms with Crippen molar-refractivity contribution in [2.45, 2.75) is 25.8 Å². The average Bonchev–Trinajstić information content (AvgIpc) is 2.79. The third-order valence-corrected chi connectivity index (χ3v) is 3.53. The Morgan fingerprint density at radius 2 is 2.05 bits per heavy atom. The number of hydrogen-bond acceptors (Lipinski definition) is 4. The van der Waals surface area contributed by atoms with Crippen molar-refractivity contribution in [1.82, 2.24) is 10.5 Å². The SMILES string of the molecule is Cc1noc(Cl)c1CC(=O)N[C@@H](Cc1ccccc1)C(N)=O. The number of carbonyl (C=O) groups excluding carboxylic acids is 2. The van der Waals surface area contributed by atoms with E-state index in [4.69, 9.17) is 21.9 Å². The molecule has 6 nitrogen and oxygen atoms in total. The summed E-state index contributed by atoms with van der Waals surface area (Å²) in [5.41, 5.74) is 7.31. The molecule has 1 heterocycles. The predicted molar refractivity (Wildman–Crippen MR) is 81.2 cm³/mol. The molecule has 0 saturated heterocycles. The van der Waals surface area contributed by atoms with Crippen LogP contribution in [0.1, 0.15) is 16.8 Å². The summed E-state index contributed by atoms with van der Waals surface area (Å²) in [6, 6.07) is 8.53. The van der Waals surface area contributed by atoms with Crippen LogP contribution in [0, 0.1) is 6.92 Å². The van der Waals surface area contributed by atoms with E-state index in [9.17, 15) is 9.59 Å². The van der Waals surface area contributed by atoms with Crippen molar-refractivity contribution in [3.63, 3.8) is 0 Å². The predicted octanol–water partition coefficient (Wildman–Crippen LogP) is 1.39. The molecule has 0 aliphatic rings. The largest absolute Gasteiger partial charge is 0.368 e. The van der Waals surface area contributed by atoms with E-state index in [1.54, 1.807) is 6.92 Å². The molecule has 2 amide bonds. The van der Waals surface area contributed by atoms with Gasteiger partial charge in [0.2, 0.25) is 17.0 Å². The molecule has 0 aliphatic heterocycles. The van der Waals surface area contributed by atoms with Crippen molar-refractivity contribution in [3.05, 3.63) is 52.4 Å². The average molecular weight is 322 g/mol. The number of halogens is 1. The highest BCUT2D eigenvalue weighted by Gasteiger charge is 2.21. The maximum atomic E-state index is 12.1. The fraction of sp³-hybridized carbons (Fsp3) is 0.267. The van der Waals surface area contributed by atoms with Gasteiger partial charge in [-0.2, -0.15) is 0 Å². The number of nitrogens with one attached hydrogen (secondary N) is 1. The Bertz CT molecular complexity index is 650. The van der Waals surface area contributed by atoms with Gasteiger partial charge in [0.25, 0.3) is 0 Å². The van der Waals surface area contributed by atoms with E-state index in [0.717, 1.165) is 5.56 Å². The van der Waals surface area contributed by atoms with Gasteiger partial charge in [0.1, 0.15) is 6.04 Å². The Labute approximate surface area is 132 Å². The van der Waals surface area contributed by atoms with Crippen molar-refractivity contribution >= 4 is 23.4 Å². The highest BCUT2D eigenvalue weighted by molar-refractivity contribution is 6.29. The molecule has 1 atom stereocenters. The minimum Gasteiger partial charge on any atom is -0.368 e. The fourth-order valence-corrected chi connectivity index (χ4v) is 2.27. The number of rotatable bonds is 6. The first-order valence-electron chi connectivity index (χ1n) is 6.70. The second kappa shape index (κ2) is 7.09. The molecule has 22 heavy (non-hydrogen) atoms. The molecule has 0 aliphatic carbocycles. The quantitative estimate of drug-likeness (QED) is 0.840. The molecule has 0 spiro atoms. The number of carbonyl (C=O) groups is 2. The summed E-state index contributed by atoms with van der Waals surface area (Å²) in [4.78, 5) is 23.6. The van der Waals surface area contributed by atoms with E-state index in [0.29, 0.717) is 17.7 Å². The lowest BCUT2D eigenvalue weighted by Crippen LogP contribution is -2.46. The molecule has 0 bridgehead atoms. The highest BCUT2D eigenvalue weighted by Crippen LogP contribution is 2.19. The van der Waals surface area contributed by atoms with E-state index in [-0.39, 0.29) is 17.5 Å². The van der Waals surface area contributed by atoms with Crippen molar-refractivity contribution in [2.24, 2.45) is 5.73 Å². The van der Waals surface area contributed by atoms with Crippen molar-refractivity contribution in [3.8, 4) is 0 Å². The number of nitrogens with zero attached hydrogens (tertiary/aromatic N) is 1. The van der Waals surface area contributed by atoms with Crippen LogP contribution in [-0.2, 0) is 22.4 Å². The van der Waals surface area contributed by atoms with Gasteiger partial charge in [-0.3, -0.25) is 9.59 Å². The number of primary amides is 1. The molecule has 1 aromatic carbocycles. The van der Waals surface area contributed by atoms with Crippen LogP contribution < -0.4 is 11.1 Å². The van der Waals surface area contributed by atoms with Crippen molar-refractivity contribution in [1.29, 1.82) is 0 Å². The van der Waals surface area contributed by atoms with E-state index in [1.165, 1.54) is 0 Å². The topological polar surface area (TPSA) is 98.2 Å². The third kappa shape index (κ3) is 4.08. The summed E-state index contributed by atoms with van der Waals surface area (Å²) in [5.74, 6) is -0.960. The summed E-state index contributed by atoms with van der Waals surface area (Å²) in [7, 11) is 0. The first-order valence-corrected chi connectivity index (χ1v) is 7.08. The van der Waals surface area contributed by atoms with Crippen LogP contribution in [-0.4, -0.2) is 23.0 Å². The summed E-state index contributed by atoms with van der Waals surface area (Å²) in [6.45, 7) is 1.69.